The molecule has 0 fully saturated rings. The van der Waals surface area contributed by atoms with Crippen LogP contribution in [0.3, 0.4) is 0 Å². The summed E-state index contributed by atoms with van der Waals surface area (Å²) in [6, 6.07) is 5.02. The Morgan fingerprint density at radius 1 is 1.58 bits per heavy atom. The number of nitrogens with zero attached hydrogens (tertiary/aromatic N) is 1. The highest BCUT2D eigenvalue weighted by atomic mass is 16.5. The maximum Gasteiger partial charge on any atom is 0.352 e. The third-order valence-corrected chi connectivity index (χ3v) is 2.83. The van der Waals surface area contributed by atoms with Gasteiger partial charge >= 0.3 is 11.9 Å². The fourth-order valence-corrected chi connectivity index (χ4v) is 1.83. The van der Waals surface area contributed by atoms with Crippen LogP contribution in [-0.2, 0) is 4.79 Å². The average Bonchev–Trinajstić information content (AvgIpc) is 2.74. The van der Waals surface area contributed by atoms with E-state index in [1.54, 1.807) is 25.3 Å². The molecule has 1 aliphatic heterocycles. The van der Waals surface area contributed by atoms with E-state index < -0.39 is 6.23 Å². The first kappa shape index (κ1) is 13.3. The number of nitrogens with two attached hydrogens (primary N) is 1. The van der Waals surface area contributed by atoms with Gasteiger partial charge in [0.2, 0.25) is 11.7 Å². The number of nitroso groups, excluding NO2 is 1. The van der Waals surface area contributed by atoms with Crippen molar-refractivity contribution < 1.29 is 19.0 Å². The van der Waals surface area contributed by atoms with Gasteiger partial charge < -0.3 is 20.5 Å². The van der Waals surface area contributed by atoms with Crippen molar-refractivity contribution in [1.82, 2.24) is 5.32 Å². The van der Waals surface area contributed by atoms with Gasteiger partial charge in [0.25, 0.3) is 0 Å². The lowest BCUT2D eigenvalue weighted by Gasteiger charge is -2.04. The molecule has 102 valence electrons. The SMILES string of the molecule is COc1ccc2c(c1)OC(CCNC(=O)CN)[N+]2=O. The zero-order valence-electron chi connectivity index (χ0n) is 10.6. The molecule has 0 bridgehead atoms. The molecule has 0 aliphatic carbocycles. The van der Waals surface area contributed by atoms with Gasteiger partial charge in [-0.3, -0.25) is 4.79 Å². The summed E-state index contributed by atoms with van der Waals surface area (Å²) in [5, 5.41) is 2.59. The van der Waals surface area contributed by atoms with Crippen molar-refractivity contribution in [1.29, 1.82) is 0 Å². The van der Waals surface area contributed by atoms with E-state index in [0.29, 0.717) is 30.2 Å². The van der Waals surface area contributed by atoms with Gasteiger partial charge in [0.1, 0.15) is 5.75 Å². The van der Waals surface area contributed by atoms with Crippen molar-refractivity contribution in [3.05, 3.63) is 23.1 Å². The number of methoxy groups -OCH3 is 1. The second-order valence-electron chi connectivity index (χ2n) is 4.07. The van der Waals surface area contributed by atoms with Gasteiger partial charge in [-0.1, -0.05) is 0 Å². The Bertz CT molecular complexity index is 504. The van der Waals surface area contributed by atoms with Gasteiger partial charge in [-0.25, -0.2) is 0 Å². The Balaban J connectivity index is 1.96. The fourth-order valence-electron chi connectivity index (χ4n) is 1.83. The van der Waals surface area contributed by atoms with Gasteiger partial charge in [0.15, 0.2) is 0 Å². The second kappa shape index (κ2) is 5.66. The molecule has 1 amide bonds. The van der Waals surface area contributed by atoms with Crippen LogP contribution in [0.25, 0.3) is 0 Å². The van der Waals surface area contributed by atoms with E-state index in [1.807, 2.05) is 0 Å². The van der Waals surface area contributed by atoms with Crippen molar-refractivity contribution in [3.63, 3.8) is 0 Å². The number of rotatable bonds is 5. The zero-order valence-corrected chi connectivity index (χ0v) is 10.6. The normalized spacial score (nSPS) is 16.7. The molecule has 2 rings (SSSR count). The summed E-state index contributed by atoms with van der Waals surface area (Å²) in [5.74, 6) is 0.864. The van der Waals surface area contributed by atoms with Crippen LogP contribution in [0.2, 0.25) is 0 Å². The summed E-state index contributed by atoms with van der Waals surface area (Å²) >= 11 is 0. The largest absolute Gasteiger partial charge is 0.497 e. The molecule has 0 radical (unpaired) electrons. The molecule has 1 unspecified atom stereocenters. The number of carbonyl (C=O) groups excluding carboxylic acids is 1. The number of ether oxygens (including phenoxy) is 2. The van der Waals surface area contributed by atoms with Crippen LogP contribution in [0.15, 0.2) is 18.2 Å². The molecule has 0 spiro atoms. The summed E-state index contributed by atoms with van der Waals surface area (Å²) in [4.78, 5) is 22.9. The molecule has 7 heteroatoms. The lowest BCUT2D eigenvalue weighted by molar-refractivity contribution is -0.529. The lowest BCUT2D eigenvalue weighted by Crippen LogP contribution is -2.34. The fraction of sp³-hybridized carbons (Fsp3) is 0.417. The van der Waals surface area contributed by atoms with Crippen LogP contribution in [-0.4, -0.2) is 37.1 Å². The minimum Gasteiger partial charge on any atom is -0.497 e. The number of benzene rings is 1. The van der Waals surface area contributed by atoms with Crippen molar-refractivity contribution in [2.45, 2.75) is 12.6 Å². The van der Waals surface area contributed by atoms with E-state index in [1.165, 1.54) is 0 Å². The Kier molecular flexibility index (Phi) is 3.96. The van der Waals surface area contributed by atoms with E-state index in [2.05, 4.69) is 5.32 Å². The summed E-state index contributed by atoms with van der Waals surface area (Å²) < 4.78 is 11.4. The molecular formula is C12H16N3O4+. The van der Waals surface area contributed by atoms with Gasteiger partial charge in [0.05, 0.1) is 24.8 Å². The molecule has 1 heterocycles. The maximum absolute atomic E-state index is 12.0. The number of hydrogen-bond acceptors (Lipinski definition) is 5. The standard InChI is InChI=1S/C12H15N3O4/c1-18-8-2-3-9-10(6-8)19-12(15(9)17)4-5-14-11(16)7-13/h2-3,6,12H,4-5,7,13H2,1H3/p+1. The summed E-state index contributed by atoms with van der Waals surface area (Å²) in [7, 11) is 1.55. The molecular weight excluding hydrogens is 250 g/mol. The summed E-state index contributed by atoms with van der Waals surface area (Å²) in [6.07, 6.45) is -0.258. The Morgan fingerprint density at radius 3 is 3.05 bits per heavy atom. The minimum atomic E-state index is -0.639. The summed E-state index contributed by atoms with van der Waals surface area (Å²) in [6.45, 7) is 0.272. The predicted molar refractivity (Wildman–Crippen MR) is 67.4 cm³/mol. The third kappa shape index (κ3) is 2.82. The predicted octanol–water partition coefficient (Wildman–Crippen LogP) is 0.289. The number of fused-ring (bicyclic) bond motifs is 1. The van der Waals surface area contributed by atoms with Crippen LogP contribution in [0, 0.1) is 4.91 Å². The highest BCUT2D eigenvalue weighted by molar-refractivity contribution is 5.77. The van der Waals surface area contributed by atoms with E-state index >= 15 is 0 Å². The van der Waals surface area contributed by atoms with Gasteiger partial charge in [-0.15, -0.1) is 0 Å². The summed E-state index contributed by atoms with van der Waals surface area (Å²) in [5.41, 5.74) is 5.63. The van der Waals surface area contributed by atoms with Crippen molar-refractivity contribution >= 4 is 11.6 Å². The molecule has 1 aromatic rings. The Morgan fingerprint density at radius 2 is 2.37 bits per heavy atom. The first-order valence-electron chi connectivity index (χ1n) is 5.93. The molecule has 1 aromatic carbocycles. The second-order valence-corrected chi connectivity index (χ2v) is 4.07. The van der Waals surface area contributed by atoms with Crippen molar-refractivity contribution in [3.8, 4) is 11.5 Å². The Hall–Kier alpha value is -2.15. The quantitative estimate of drug-likeness (QED) is 0.747. The highest BCUT2D eigenvalue weighted by Gasteiger charge is 2.40. The highest BCUT2D eigenvalue weighted by Crippen LogP contribution is 2.38. The molecule has 3 N–H and O–H groups in total. The topological polar surface area (TPSA) is 93.7 Å². The number of carbonyl (C=O) groups is 1. The Labute approximate surface area is 110 Å². The van der Waals surface area contributed by atoms with E-state index in [4.69, 9.17) is 15.2 Å². The minimum absolute atomic E-state index is 0.0654. The van der Waals surface area contributed by atoms with Crippen LogP contribution >= 0.6 is 0 Å². The maximum atomic E-state index is 12.0. The van der Waals surface area contributed by atoms with Crippen LogP contribution < -0.4 is 20.5 Å². The molecule has 0 aromatic heterocycles. The monoisotopic (exact) mass is 266 g/mol. The third-order valence-electron chi connectivity index (χ3n) is 2.83. The molecule has 19 heavy (non-hydrogen) atoms. The molecule has 7 nitrogen and oxygen atoms in total. The molecule has 0 saturated carbocycles. The van der Waals surface area contributed by atoms with E-state index in [0.717, 1.165) is 4.76 Å². The number of nitrogens with one attached hydrogen (secondary N) is 1. The molecule has 0 saturated heterocycles. The smallest absolute Gasteiger partial charge is 0.352 e. The van der Waals surface area contributed by atoms with Crippen molar-refractivity contribution in [2.24, 2.45) is 5.73 Å². The zero-order chi connectivity index (χ0) is 13.8. The first-order valence-corrected chi connectivity index (χ1v) is 5.93. The van der Waals surface area contributed by atoms with Gasteiger partial charge in [0, 0.05) is 23.6 Å². The number of amides is 1. The molecule has 1 atom stereocenters. The van der Waals surface area contributed by atoms with Crippen LogP contribution in [0.1, 0.15) is 6.42 Å². The van der Waals surface area contributed by atoms with Crippen molar-refractivity contribution in [2.75, 3.05) is 20.2 Å². The average molecular weight is 266 g/mol. The van der Waals surface area contributed by atoms with Gasteiger partial charge in [-0.2, -0.15) is 0 Å². The van der Waals surface area contributed by atoms with Crippen LogP contribution in [0.5, 0.6) is 11.5 Å². The lowest BCUT2D eigenvalue weighted by atomic mass is 10.3. The van der Waals surface area contributed by atoms with E-state index in [-0.39, 0.29) is 12.5 Å². The number of hydrogen-bond donors (Lipinski definition) is 2. The first-order chi connectivity index (χ1) is 9.15. The molecule has 1 aliphatic rings. The van der Waals surface area contributed by atoms with E-state index in [9.17, 15) is 9.70 Å². The van der Waals surface area contributed by atoms with Gasteiger partial charge in [-0.05, 0) is 6.07 Å². The van der Waals surface area contributed by atoms with Crippen LogP contribution in [0.4, 0.5) is 5.69 Å².